The predicted molar refractivity (Wildman–Crippen MR) is 86.0 cm³/mol. The summed E-state index contributed by atoms with van der Waals surface area (Å²) in [6.45, 7) is 6.55. The Labute approximate surface area is 131 Å². The predicted octanol–water partition coefficient (Wildman–Crippen LogP) is 2.38. The molecule has 0 unspecified atom stereocenters. The Morgan fingerprint density at radius 3 is 2.86 bits per heavy atom. The number of nitrogens with zero attached hydrogens (tertiary/aromatic N) is 2. The third-order valence-electron chi connectivity index (χ3n) is 3.62. The highest BCUT2D eigenvalue weighted by atomic mass is 35.5. The standard InChI is InChI=1S/C15H23ClN4O/c1-2-17-14-10-12(13(16)11-19-14)15(21)18-6-9-20-7-4-3-5-8-20/h10-11H,2-9H2,1H3,(H,17,19)(H,18,21). The lowest BCUT2D eigenvalue weighted by molar-refractivity contribution is 0.0946. The number of aromatic nitrogens is 1. The molecule has 0 bridgehead atoms. The van der Waals surface area contributed by atoms with Crippen molar-refractivity contribution in [2.45, 2.75) is 26.2 Å². The molecule has 0 radical (unpaired) electrons. The van der Waals surface area contributed by atoms with E-state index in [0.717, 1.165) is 26.2 Å². The minimum absolute atomic E-state index is 0.140. The number of hydrogen-bond donors (Lipinski definition) is 2. The van der Waals surface area contributed by atoms with Crippen LogP contribution >= 0.6 is 11.6 Å². The minimum atomic E-state index is -0.140. The van der Waals surface area contributed by atoms with Crippen LogP contribution < -0.4 is 10.6 Å². The smallest absolute Gasteiger partial charge is 0.253 e. The summed E-state index contributed by atoms with van der Waals surface area (Å²) in [6.07, 6.45) is 5.36. The van der Waals surface area contributed by atoms with Gasteiger partial charge in [-0.05, 0) is 38.9 Å². The lowest BCUT2D eigenvalue weighted by atomic mass is 10.1. The number of halogens is 1. The zero-order valence-electron chi connectivity index (χ0n) is 12.5. The largest absolute Gasteiger partial charge is 0.370 e. The van der Waals surface area contributed by atoms with E-state index in [0.29, 0.717) is 22.9 Å². The number of piperidine rings is 1. The maximum absolute atomic E-state index is 12.2. The van der Waals surface area contributed by atoms with Crippen LogP contribution in [0.15, 0.2) is 12.3 Å². The Morgan fingerprint density at radius 1 is 1.38 bits per heavy atom. The van der Waals surface area contributed by atoms with Crippen molar-refractivity contribution in [3.05, 3.63) is 22.8 Å². The average Bonchev–Trinajstić information content (AvgIpc) is 2.50. The van der Waals surface area contributed by atoms with Crippen LogP contribution in [0.3, 0.4) is 0 Å². The van der Waals surface area contributed by atoms with Gasteiger partial charge in [-0.1, -0.05) is 18.0 Å². The molecular formula is C15H23ClN4O. The number of hydrogen-bond acceptors (Lipinski definition) is 4. The summed E-state index contributed by atoms with van der Waals surface area (Å²) in [5, 5.41) is 6.40. The van der Waals surface area contributed by atoms with Gasteiger partial charge in [-0.2, -0.15) is 0 Å². The third kappa shape index (κ3) is 4.86. The van der Waals surface area contributed by atoms with Crippen LogP contribution in [0.5, 0.6) is 0 Å². The summed E-state index contributed by atoms with van der Waals surface area (Å²) in [5.41, 5.74) is 0.473. The highest BCUT2D eigenvalue weighted by molar-refractivity contribution is 6.33. The number of nitrogens with one attached hydrogen (secondary N) is 2. The topological polar surface area (TPSA) is 57.3 Å². The molecule has 0 spiro atoms. The van der Waals surface area contributed by atoms with E-state index in [4.69, 9.17) is 11.6 Å². The van der Waals surface area contributed by atoms with Crippen LogP contribution in [-0.2, 0) is 0 Å². The van der Waals surface area contributed by atoms with Gasteiger partial charge in [0.25, 0.3) is 5.91 Å². The van der Waals surface area contributed by atoms with Gasteiger partial charge in [0.2, 0.25) is 0 Å². The van der Waals surface area contributed by atoms with E-state index >= 15 is 0 Å². The molecule has 1 aromatic rings. The van der Waals surface area contributed by atoms with Crippen molar-refractivity contribution in [1.29, 1.82) is 0 Å². The number of likely N-dealkylation sites (tertiary alicyclic amines) is 1. The minimum Gasteiger partial charge on any atom is -0.370 e. The Bertz CT molecular complexity index is 475. The SMILES string of the molecule is CCNc1cc(C(=O)NCCN2CCCCC2)c(Cl)cn1. The Kier molecular flexibility index (Phi) is 6.26. The first kappa shape index (κ1) is 16.0. The number of carbonyl (C=O) groups excluding carboxylic acids is 1. The van der Waals surface area contributed by atoms with E-state index in [-0.39, 0.29) is 5.91 Å². The van der Waals surface area contributed by atoms with Crippen LogP contribution in [-0.4, -0.2) is 48.5 Å². The first-order valence-electron chi connectivity index (χ1n) is 7.60. The lowest BCUT2D eigenvalue weighted by Crippen LogP contribution is -2.37. The molecule has 21 heavy (non-hydrogen) atoms. The molecule has 2 N–H and O–H groups in total. The fourth-order valence-electron chi connectivity index (χ4n) is 2.50. The molecule has 0 saturated carbocycles. The van der Waals surface area contributed by atoms with Crippen LogP contribution in [0, 0.1) is 0 Å². The van der Waals surface area contributed by atoms with Crippen LogP contribution in [0.1, 0.15) is 36.5 Å². The quantitative estimate of drug-likeness (QED) is 0.847. The molecule has 5 nitrogen and oxygen atoms in total. The first-order chi connectivity index (χ1) is 10.2. The average molecular weight is 311 g/mol. The highest BCUT2D eigenvalue weighted by Crippen LogP contribution is 2.17. The molecule has 1 amide bonds. The summed E-state index contributed by atoms with van der Waals surface area (Å²) in [5.74, 6) is 0.529. The van der Waals surface area contributed by atoms with E-state index in [9.17, 15) is 4.79 Å². The van der Waals surface area contributed by atoms with Crippen LogP contribution in [0.2, 0.25) is 5.02 Å². The molecule has 1 aliphatic heterocycles. The molecule has 116 valence electrons. The Balaban J connectivity index is 1.85. The molecule has 0 aromatic carbocycles. The summed E-state index contributed by atoms with van der Waals surface area (Å²) in [6, 6.07) is 1.70. The Hall–Kier alpha value is -1.33. The maximum Gasteiger partial charge on any atom is 0.253 e. The van der Waals surface area contributed by atoms with Gasteiger partial charge in [-0.25, -0.2) is 4.98 Å². The lowest BCUT2D eigenvalue weighted by Gasteiger charge is -2.26. The number of pyridine rings is 1. The molecule has 1 aromatic heterocycles. The van der Waals surface area contributed by atoms with Gasteiger partial charge in [0, 0.05) is 25.8 Å². The highest BCUT2D eigenvalue weighted by Gasteiger charge is 2.13. The maximum atomic E-state index is 12.2. The van der Waals surface area contributed by atoms with Crippen molar-refractivity contribution < 1.29 is 4.79 Å². The molecule has 1 saturated heterocycles. The Morgan fingerprint density at radius 2 is 2.14 bits per heavy atom. The third-order valence-corrected chi connectivity index (χ3v) is 3.92. The molecule has 0 atom stereocenters. The first-order valence-corrected chi connectivity index (χ1v) is 7.98. The van der Waals surface area contributed by atoms with Gasteiger partial charge in [0.05, 0.1) is 10.6 Å². The van der Waals surface area contributed by atoms with Gasteiger partial charge in [0.15, 0.2) is 0 Å². The van der Waals surface area contributed by atoms with Crippen LogP contribution in [0.25, 0.3) is 0 Å². The van der Waals surface area contributed by atoms with Crippen molar-refractivity contribution in [2.75, 3.05) is 38.0 Å². The molecule has 6 heteroatoms. The van der Waals surface area contributed by atoms with Gasteiger partial charge in [-0.15, -0.1) is 0 Å². The monoisotopic (exact) mass is 310 g/mol. The second-order valence-electron chi connectivity index (χ2n) is 5.24. The second kappa shape index (κ2) is 8.20. The normalized spacial score (nSPS) is 15.7. The summed E-state index contributed by atoms with van der Waals surface area (Å²) >= 11 is 6.06. The van der Waals surface area contributed by atoms with Gasteiger partial charge in [-0.3, -0.25) is 4.79 Å². The van der Waals surface area contributed by atoms with Crippen molar-refractivity contribution in [2.24, 2.45) is 0 Å². The van der Waals surface area contributed by atoms with Crippen molar-refractivity contribution in [3.63, 3.8) is 0 Å². The number of carbonyl (C=O) groups is 1. The zero-order chi connectivity index (χ0) is 15.1. The summed E-state index contributed by atoms with van der Waals surface area (Å²) in [4.78, 5) is 18.7. The van der Waals surface area contributed by atoms with Crippen molar-refractivity contribution in [1.82, 2.24) is 15.2 Å². The van der Waals surface area contributed by atoms with E-state index in [1.807, 2.05) is 6.92 Å². The summed E-state index contributed by atoms with van der Waals surface area (Å²) in [7, 11) is 0. The van der Waals surface area contributed by atoms with Crippen molar-refractivity contribution >= 4 is 23.3 Å². The van der Waals surface area contributed by atoms with Gasteiger partial charge >= 0.3 is 0 Å². The summed E-state index contributed by atoms with van der Waals surface area (Å²) < 4.78 is 0. The molecule has 1 aliphatic rings. The van der Waals surface area contributed by atoms with Gasteiger partial charge < -0.3 is 15.5 Å². The molecular weight excluding hydrogens is 288 g/mol. The molecule has 2 rings (SSSR count). The van der Waals surface area contributed by atoms with E-state index in [1.54, 1.807) is 6.07 Å². The fourth-order valence-corrected chi connectivity index (χ4v) is 2.69. The van der Waals surface area contributed by atoms with E-state index < -0.39 is 0 Å². The van der Waals surface area contributed by atoms with E-state index in [1.165, 1.54) is 25.5 Å². The number of amides is 1. The molecule has 1 fully saturated rings. The van der Waals surface area contributed by atoms with Gasteiger partial charge in [0.1, 0.15) is 5.82 Å². The van der Waals surface area contributed by atoms with Crippen molar-refractivity contribution in [3.8, 4) is 0 Å². The molecule has 0 aliphatic carbocycles. The number of anilines is 1. The number of rotatable bonds is 6. The molecule has 2 heterocycles. The fraction of sp³-hybridized carbons (Fsp3) is 0.600. The van der Waals surface area contributed by atoms with Crippen LogP contribution in [0.4, 0.5) is 5.82 Å². The van der Waals surface area contributed by atoms with E-state index in [2.05, 4.69) is 20.5 Å². The zero-order valence-corrected chi connectivity index (χ0v) is 13.2. The second-order valence-corrected chi connectivity index (χ2v) is 5.65.